The number of methoxy groups -OCH3 is 1. The Hall–Kier alpha value is -3.35. The topological polar surface area (TPSA) is 99.4 Å². The number of aryl methyl sites for hydroxylation is 1. The summed E-state index contributed by atoms with van der Waals surface area (Å²) in [4.78, 5) is 23.5. The molecule has 0 unspecified atom stereocenters. The van der Waals surface area contributed by atoms with E-state index in [9.17, 15) is 14.7 Å². The standard InChI is InChI=1S/C21H22N2O5/c1-13-3-8-19(24)16(11-13)18-12-17(14-4-6-15(28-2)7-5-14)22-23(18)20(25)9-10-21(26)27/h3-8,11,18,24H,9-10,12H2,1-2H3,(H,26,27)/t18-/m1/s1. The minimum atomic E-state index is -1.04. The monoisotopic (exact) mass is 382 g/mol. The third-order valence-corrected chi connectivity index (χ3v) is 4.68. The number of hydrogen-bond donors (Lipinski definition) is 2. The van der Waals surface area contributed by atoms with E-state index in [0.717, 1.165) is 11.1 Å². The predicted octanol–water partition coefficient (Wildman–Crippen LogP) is 3.25. The van der Waals surface area contributed by atoms with Crippen molar-refractivity contribution in [3.63, 3.8) is 0 Å². The number of amides is 1. The van der Waals surface area contributed by atoms with Crippen molar-refractivity contribution in [3.05, 3.63) is 59.2 Å². The minimum Gasteiger partial charge on any atom is -0.508 e. The molecule has 2 aromatic rings. The molecule has 1 amide bonds. The molecule has 0 saturated carbocycles. The number of hydrogen-bond acceptors (Lipinski definition) is 5. The second-order valence-electron chi connectivity index (χ2n) is 6.69. The predicted molar refractivity (Wildman–Crippen MR) is 103 cm³/mol. The zero-order chi connectivity index (χ0) is 20.3. The second kappa shape index (κ2) is 8.12. The van der Waals surface area contributed by atoms with E-state index in [-0.39, 0.29) is 18.6 Å². The van der Waals surface area contributed by atoms with Crippen LogP contribution in [-0.4, -0.2) is 39.9 Å². The highest BCUT2D eigenvalue weighted by Gasteiger charge is 2.34. The van der Waals surface area contributed by atoms with Crippen LogP contribution in [0.1, 0.15) is 42.0 Å². The number of aromatic hydroxyl groups is 1. The molecule has 28 heavy (non-hydrogen) atoms. The lowest BCUT2D eigenvalue weighted by Gasteiger charge is -2.23. The molecule has 2 aromatic carbocycles. The smallest absolute Gasteiger partial charge is 0.303 e. The van der Waals surface area contributed by atoms with Gasteiger partial charge in [0, 0.05) is 18.4 Å². The van der Waals surface area contributed by atoms with Crippen molar-refractivity contribution in [2.24, 2.45) is 5.10 Å². The average molecular weight is 382 g/mol. The number of carbonyl (C=O) groups is 2. The Morgan fingerprint density at radius 2 is 1.89 bits per heavy atom. The Morgan fingerprint density at radius 1 is 1.18 bits per heavy atom. The first-order chi connectivity index (χ1) is 13.4. The van der Waals surface area contributed by atoms with Crippen LogP contribution in [0.2, 0.25) is 0 Å². The number of nitrogens with zero attached hydrogens (tertiary/aromatic N) is 2. The quantitative estimate of drug-likeness (QED) is 0.799. The summed E-state index contributed by atoms with van der Waals surface area (Å²) in [6.45, 7) is 1.90. The third kappa shape index (κ3) is 4.14. The first-order valence-corrected chi connectivity index (χ1v) is 8.94. The van der Waals surface area contributed by atoms with Crippen molar-refractivity contribution in [1.82, 2.24) is 5.01 Å². The largest absolute Gasteiger partial charge is 0.508 e. The van der Waals surface area contributed by atoms with Crippen molar-refractivity contribution >= 4 is 17.6 Å². The van der Waals surface area contributed by atoms with Gasteiger partial charge in [-0.3, -0.25) is 9.59 Å². The lowest BCUT2D eigenvalue weighted by Crippen LogP contribution is -2.27. The molecule has 7 nitrogen and oxygen atoms in total. The summed E-state index contributed by atoms with van der Waals surface area (Å²) in [5, 5.41) is 25.0. The number of carboxylic acids is 1. The van der Waals surface area contributed by atoms with Gasteiger partial charge in [-0.15, -0.1) is 0 Å². The number of rotatable bonds is 6. The molecule has 0 spiro atoms. The van der Waals surface area contributed by atoms with Crippen molar-refractivity contribution in [2.45, 2.75) is 32.2 Å². The van der Waals surface area contributed by atoms with E-state index in [1.54, 1.807) is 19.2 Å². The van der Waals surface area contributed by atoms with E-state index in [1.165, 1.54) is 5.01 Å². The lowest BCUT2D eigenvalue weighted by atomic mass is 9.96. The normalized spacial score (nSPS) is 16.0. The number of hydrazone groups is 1. The molecule has 0 bridgehead atoms. The Labute approximate surface area is 162 Å². The minimum absolute atomic E-state index is 0.0813. The van der Waals surface area contributed by atoms with Gasteiger partial charge >= 0.3 is 5.97 Å². The van der Waals surface area contributed by atoms with Gasteiger partial charge in [0.1, 0.15) is 11.5 Å². The first-order valence-electron chi connectivity index (χ1n) is 8.94. The lowest BCUT2D eigenvalue weighted by molar-refractivity contribution is -0.141. The maximum absolute atomic E-state index is 12.7. The van der Waals surface area contributed by atoms with Crippen LogP contribution in [0.25, 0.3) is 0 Å². The zero-order valence-electron chi connectivity index (χ0n) is 15.8. The number of phenolic OH excluding ortho intramolecular Hbond substituents is 1. The van der Waals surface area contributed by atoms with Gasteiger partial charge < -0.3 is 14.9 Å². The van der Waals surface area contributed by atoms with Crippen LogP contribution in [-0.2, 0) is 9.59 Å². The van der Waals surface area contributed by atoms with Gasteiger partial charge in [-0.05, 0) is 42.8 Å². The number of aliphatic carboxylic acids is 1. The molecule has 1 heterocycles. The average Bonchev–Trinajstić information content (AvgIpc) is 3.13. The van der Waals surface area contributed by atoms with E-state index < -0.39 is 17.9 Å². The van der Waals surface area contributed by atoms with Gasteiger partial charge in [0.2, 0.25) is 5.91 Å². The van der Waals surface area contributed by atoms with Crippen LogP contribution < -0.4 is 4.74 Å². The summed E-state index contributed by atoms with van der Waals surface area (Å²) < 4.78 is 5.17. The molecule has 1 aliphatic rings. The number of carbonyl (C=O) groups excluding carboxylic acids is 1. The first kappa shape index (κ1) is 19.4. The molecule has 2 N–H and O–H groups in total. The fourth-order valence-electron chi connectivity index (χ4n) is 3.21. The van der Waals surface area contributed by atoms with E-state index in [0.29, 0.717) is 23.4 Å². The van der Waals surface area contributed by atoms with Crippen molar-refractivity contribution in [3.8, 4) is 11.5 Å². The van der Waals surface area contributed by atoms with Gasteiger partial charge in [-0.1, -0.05) is 17.7 Å². The van der Waals surface area contributed by atoms with Gasteiger partial charge in [0.05, 0.1) is 25.3 Å². The Kier molecular flexibility index (Phi) is 5.63. The van der Waals surface area contributed by atoms with E-state index in [2.05, 4.69) is 5.10 Å². The molecule has 0 saturated heterocycles. The van der Waals surface area contributed by atoms with E-state index in [4.69, 9.17) is 9.84 Å². The summed E-state index contributed by atoms with van der Waals surface area (Å²) in [6, 6.07) is 12.1. The molecule has 7 heteroatoms. The van der Waals surface area contributed by atoms with Crippen LogP contribution in [0, 0.1) is 6.92 Å². The highest BCUT2D eigenvalue weighted by Crippen LogP contribution is 2.38. The zero-order valence-corrected chi connectivity index (χ0v) is 15.8. The Morgan fingerprint density at radius 3 is 2.54 bits per heavy atom. The molecule has 0 fully saturated rings. The maximum atomic E-state index is 12.7. The van der Waals surface area contributed by atoms with Crippen LogP contribution in [0.5, 0.6) is 11.5 Å². The number of carboxylic acid groups (broad SMARTS) is 1. The maximum Gasteiger partial charge on any atom is 0.303 e. The highest BCUT2D eigenvalue weighted by atomic mass is 16.5. The fourth-order valence-corrected chi connectivity index (χ4v) is 3.21. The molecular formula is C21H22N2O5. The molecule has 0 aromatic heterocycles. The summed E-state index contributed by atoms with van der Waals surface area (Å²) in [7, 11) is 1.58. The van der Waals surface area contributed by atoms with Crippen molar-refractivity contribution in [1.29, 1.82) is 0 Å². The molecule has 0 radical (unpaired) electrons. The van der Waals surface area contributed by atoms with Crippen molar-refractivity contribution in [2.75, 3.05) is 7.11 Å². The van der Waals surface area contributed by atoms with Crippen LogP contribution in [0.4, 0.5) is 0 Å². The van der Waals surface area contributed by atoms with Crippen LogP contribution in [0.15, 0.2) is 47.6 Å². The Bertz CT molecular complexity index is 921. The summed E-state index contributed by atoms with van der Waals surface area (Å²) in [6.07, 6.45) is -0.00476. The molecule has 3 rings (SSSR count). The number of benzene rings is 2. The third-order valence-electron chi connectivity index (χ3n) is 4.68. The van der Waals surface area contributed by atoms with Crippen molar-refractivity contribution < 1.29 is 24.5 Å². The fraction of sp³-hybridized carbons (Fsp3) is 0.286. The SMILES string of the molecule is COc1ccc(C2=NN(C(=O)CCC(=O)O)[C@@H](c3cc(C)ccc3O)C2)cc1. The number of ether oxygens (including phenoxy) is 1. The summed E-state index contributed by atoms with van der Waals surface area (Å²) in [5.74, 6) is -0.638. The highest BCUT2D eigenvalue weighted by molar-refractivity contribution is 6.03. The van der Waals surface area contributed by atoms with E-state index in [1.807, 2.05) is 37.3 Å². The molecule has 1 aliphatic heterocycles. The van der Waals surface area contributed by atoms with Gasteiger partial charge in [-0.2, -0.15) is 5.10 Å². The summed E-state index contributed by atoms with van der Waals surface area (Å²) in [5.41, 5.74) is 3.07. The van der Waals surface area contributed by atoms with Gasteiger partial charge in [0.25, 0.3) is 0 Å². The number of phenols is 1. The molecular weight excluding hydrogens is 360 g/mol. The summed E-state index contributed by atoms with van der Waals surface area (Å²) >= 11 is 0. The Balaban J connectivity index is 1.94. The molecule has 0 aliphatic carbocycles. The van der Waals surface area contributed by atoms with Crippen LogP contribution in [0.3, 0.4) is 0 Å². The van der Waals surface area contributed by atoms with Gasteiger partial charge in [0.15, 0.2) is 0 Å². The second-order valence-corrected chi connectivity index (χ2v) is 6.69. The molecule has 146 valence electrons. The van der Waals surface area contributed by atoms with Gasteiger partial charge in [-0.25, -0.2) is 5.01 Å². The van der Waals surface area contributed by atoms with E-state index >= 15 is 0 Å². The molecule has 1 atom stereocenters. The van der Waals surface area contributed by atoms with Crippen LogP contribution >= 0.6 is 0 Å².